The molecule has 1 N–H and O–H groups in total. The van der Waals surface area contributed by atoms with Crippen molar-refractivity contribution in [3.8, 4) is 17.0 Å². The molecule has 0 aliphatic rings. The SMILES string of the molecule is CCOc1cccc(-c2cn3ccc(NC)nc3n2)c1. The van der Waals surface area contributed by atoms with Gasteiger partial charge in [-0.25, -0.2) is 4.98 Å². The van der Waals surface area contributed by atoms with Gasteiger partial charge in [0.05, 0.1) is 12.3 Å². The Morgan fingerprint density at radius 2 is 2.15 bits per heavy atom. The highest BCUT2D eigenvalue weighted by molar-refractivity contribution is 5.63. The summed E-state index contributed by atoms with van der Waals surface area (Å²) in [5, 5.41) is 3.01. The molecule has 3 rings (SSSR count). The van der Waals surface area contributed by atoms with Gasteiger partial charge < -0.3 is 10.1 Å². The summed E-state index contributed by atoms with van der Waals surface area (Å²) >= 11 is 0. The van der Waals surface area contributed by atoms with Crippen molar-refractivity contribution in [2.45, 2.75) is 6.92 Å². The molecule has 5 nitrogen and oxygen atoms in total. The molecule has 3 aromatic rings. The summed E-state index contributed by atoms with van der Waals surface area (Å²) in [4.78, 5) is 8.96. The Kier molecular flexibility index (Phi) is 3.25. The van der Waals surface area contributed by atoms with Gasteiger partial charge in [0.1, 0.15) is 11.6 Å². The zero-order chi connectivity index (χ0) is 13.9. The molecule has 20 heavy (non-hydrogen) atoms. The molecule has 0 bridgehead atoms. The molecule has 5 heteroatoms. The maximum atomic E-state index is 5.52. The maximum absolute atomic E-state index is 5.52. The minimum absolute atomic E-state index is 0.654. The Morgan fingerprint density at radius 3 is 2.95 bits per heavy atom. The summed E-state index contributed by atoms with van der Waals surface area (Å²) < 4.78 is 7.42. The fourth-order valence-electron chi connectivity index (χ4n) is 2.06. The number of aromatic nitrogens is 3. The maximum Gasteiger partial charge on any atom is 0.236 e. The first kappa shape index (κ1) is 12.5. The standard InChI is InChI=1S/C15H16N4O/c1-3-20-12-6-4-5-11(9-12)13-10-19-8-7-14(16-2)18-15(19)17-13/h4-10H,3H2,1-2H3,(H,16,17,18). The van der Waals surface area contributed by atoms with Gasteiger partial charge in [-0.15, -0.1) is 0 Å². The lowest BCUT2D eigenvalue weighted by atomic mass is 10.1. The van der Waals surface area contributed by atoms with Crippen molar-refractivity contribution in [2.75, 3.05) is 19.0 Å². The monoisotopic (exact) mass is 268 g/mol. The second kappa shape index (κ2) is 5.21. The molecule has 0 radical (unpaired) electrons. The number of anilines is 1. The van der Waals surface area contributed by atoms with E-state index in [9.17, 15) is 0 Å². The minimum atomic E-state index is 0.654. The Labute approximate surface area is 117 Å². The highest BCUT2D eigenvalue weighted by Gasteiger charge is 2.07. The van der Waals surface area contributed by atoms with Gasteiger partial charge in [-0.3, -0.25) is 4.40 Å². The molecule has 0 fully saturated rings. The predicted molar refractivity (Wildman–Crippen MR) is 79.1 cm³/mol. The lowest BCUT2D eigenvalue weighted by Gasteiger charge is -2.03. The Balaban J connectivity index is 2.03. The molecule has 2 heterocycles. The van der Waals surface area contributed by atoms with Crippen LogP contribution in [0, 0.1) is 0 Å². The summed E-state index contributed by atoms with van der Waals surface area (Å²) in [5.74, 6) is 2.33. The van der Waals surface area contributed by atoms with Crippen LogP contribution >= 0.6 is 0 Å². The van der Waals surface area contributed by atoms with E-state index < -0.39 is 0 Å². The van der Waals surface area contributed by atoms with Crippen LogP contribution in [-0.2, 0) is 0 Å². The average molecular weight is 268 g/mol. The first-order valence-corrected chi connectivity index (χ1v) is 6.57. The van der Waals surface area contributed by atoms with Crippen LogP contribution in [0.1, 0.15) is 6.92 Å². The largest absolute Gasteiger partial charge is 0.494 e. The smallest absolute Gasteiger partial charge is 0.236 e. The third-order valence-corrected chi connectivity index (χ3v) is 3.02. The van der Waals surface area contributed by atoms with Crippen LogP contribution in [0.25, 0.3) is 17.0 Å². The zero-order valence-electron chi connectivity index (χ0n) is 11.5. The quantitative estimate of drug-likeness (QED) is 0.790. The van der Waals surface area contributed by atoms with Crippen molar-refractivity contribution in [2.24, 2.45) is 0 Å². The fourth-order valence-corrected chi connectivity index (χ4v) is 2.06. The number of hydrogen-bond acceptors (Lipinski definition) is 4. The van der Waals surface area contributed by atoms with Gasteiger partial charge in [-0.2, -0.15) is 4.98 Å². The second-order valence-electron chi connectivity index (χ2n) is 4.36. The molecule has 0 aliphatic heterocycles. The molecule has 0 amide bonds. The molecule has 1 aromatic carbocycles. The van der Waals surface area contributed by atoms with Crippen molar-refractivity contribution in [1.29, 1.82) is 0 Å². The van der Waals surface area contributed by atoms with E-state index in [4.69, 9.17) is 4.74 Å². The molecular weight excluding hydrogens is 252 g/mol. The van der Waals surface area contributed by atoms with Crippen LogP contribution in [0.3, 0.4) is 0 Å². The number of imidazole rings is 1. The number of nitrogens with zero attached hydrogens (tertiary/aromatic N) is 3. The first-order valence-electron chi connectivity index (χ1n) is 6.57. The number of ether oxygens (including phenoxy) is 1. The summed E-state index contributed by atoms with van der Waals surface area (Å²) in [6.45, 7) is 2.63. The van der Waals surface area contributed by atoms with Crippen molar-refractivity contribution >= 4 is 11.6 Å². The van der Waals surface area contributed by atoms with Crippen LogP contribution in [0.5, 0.6) is 5.75 Å². The van der Waals surface area contributed by atoms with Gasteiger partial charge >= 0.3 is 0 Å². The van der Waals surface area contributed by atoms with Crippen LogP contribution in [0.4, 0.5) is 5.82 Å². The van der Waals surface area contributed by atoms with E-state index in [1.54, 1.807) is 0 Å². The third kappa shape index (κ3) is 2.30. The highest BCUT2D eigenvalue weighted by Crippen LogP contribution is 2.23. The molecule has 0 saturated carbocycles. The normalized spacial score (nSPS) is 10.7. The van der Waals surface area contributed by atoms with Crippen LogP contribution in [-0.4, -0.2) is 28.0 Å². The van der Waals surface area contributed by atoms with Gasteiger partial charge in [0.2, 0.25) is 5.78 Å². The first-order chi connectivity index (χ1) is 9.80. The third-order valence-electron chi connectivity index (χ3n) is 3.02. The molecule has 102 valence electrons. The lowest BCUT2D eigenvalue weighted by molar-refractivity contribution is 0.340. The second-order valence-corrected chi connectivity index (χ2v) is 4.36. The topological polar surface area (TPSA) is 51.5 Å². The number of fused-ring (bicyclic) bond motifs is 1. The van der Waals surface area contributed by atoms with Gasteiger partial charge in [-0.05, 0) is 25.1 Å². The number of hydrogen-bond donors (Lipinski definition) is 1. The van der Waals surface area contributed by atoms with E-state index in [1.165, 1.54) is 0 Å². The van der Waals surface area contributed by atoms with Gasteiger partial charge in [-0.1, -0.05) is 12.1 Å². The Morgan fingerprint density at radius 1 is 1.25 bits per heavy atom. The molecular formula is C15H16N4O. The van der Waals surface area contributed by atoms with Gasteiger partial charge in [0.25, 0.3) is 0 Å². The number of benzene rings is 1. The zero-order valence-corrected chi connectivity index (χ0v) is 11.5. The van der Waals surface area contributed by atoms with E-state index in [0.717, 1.165) is 22.8 Å². The average Bonchev–Trinajstić information content (AvgIpc) is 2.90. The number of nitrogens with one attached hydrogen (secondary N) is 1. The van der Waals surface area contributed by atoms with Crippen molar-refractivity contribution in [3.05, 3.63) is 42.7 Å². The van der Waals surface area contributed by atoms with E-state index in [1.807, 2.05) is 61.1 Å². The Hall–Kier alpha value is -2.56. The van der Waals surface area contributed by atoms with E-state index in [2.05, 4.69) is 15.3 Å². The van der Waals surface area contributed by atoms with Crippen molar-refractivity contribution in [3.63, 3.8) is 0 Å². The summed E-state index contributed by atoms with van der Waals surface area (Å²) in [5.41, 5.74) is 1.90. The number of rotatable bonds is 4. The van der Waals surface area contributed by atoms with E-state index in [-0.39, 0.29) is 0 Å². The summed E-state index contributed by atoms with van der Waals surface area (Å²) in [6.07, 6.45) is 3.91. The van der Waals surface area contributed by atoms with Crippen LogP contribution in [0.15, 0.2) is 42.7 Å². The van der Waals surface area contributed by atoms with Gasteiger partial charge in [0.15, 0.2) is 0 Å². The molecule has 0 aliphatic carbocycles. The molecule has 2 aromatic heterocycles. The molecule has 0 saturated heterocycles. The summed E-state index contributed by atoms with van der Waals surface area (Å²) in [6, 6.07) is 9.83. The minimum Gasteiger partial charge on any atom is -0.494 e. The highest BCUT2D eigenvalue weighted by atomic mass is 16.5. The van der Waals surface area contributed by atoms with Crippen molar-refractivity contribution < 1.29 is 4.74 Å². The lowest BCUT2D eigenvalue weighted by Crippen LogP contribution is -1.94. The van der Waals surface area contributed by atoms with Gasteiger partial charge in [0, 0.05) is 25.0 Å². The van der Waals surface area contributed by atoms with Crippen LogP contribution in [0.2, 0.25) is 0 Å². The molecule has 0 atom stereocenters. The fraction of sp³-hybridized carbons (Fsp3) is 0.200. The van der Waals surface area contributed by atoms with E-state index in [0.29, 0.717) is 12.4 Å². The predicted octanol–water partition coefficient (Wildman–Crippen LogP) is 2.84. The van der Waals surface area contributed by atoms with E-state index >= 15 is 0 Å². The van der Waals surface area contributed by atoms with Crippen LogP contribution < -0.4 is 10.1 Å². The molecule has 0 unspecified atom stereocenters. The summed E-state index contributed by atoms with van der Waals surface area (Å²) in [7, 11) is 1.84. The Bertz CT molecular complexity index is 736. The molecule has 0 spiro atoms. The van der Waals surface area contributed by atoms with Crippen molar-refractivity contribution in [1.82, 2.24) is 14.4 Å².